The van der Waals surface area contributed by atoms with Crippen molar-refractivity contribution in [3.63, 3.8) is 0 Å². The normalized spacial score (nSPS) is 10.3. The number of nitrogens with zero attached hydrogens (tertiary/aromatic N) is 1. The number of methoxy groups -OCH3 is 1. The van der Waals surface area contributed by atoms with E-state index in [-0.39, 0.29) is 17.6 Å². The van der Waals surface area contributed by atoms with Crippen LogP contribution in [0.3, 0.4) is 0 Å². The molecule has 0 aromatic heterocycles. The third-order valence-corrected chi connectivity index (χ3v) is 4.06. The average molecular weight is 358 g/mol. The van der Waals surface area contributed by atoms with Crippen molar-refractivity contribution < 1.29 is 18.7 Å². The van der Waals surface area contributed by atoms with Gasteiger partial charge < -0.3 is 15.0 Å². The molecule has 2 aromatic carbocycles. The van der Waals surface area contributed by atoms with Crippen molar-refractivity contribution in [2.24, 2.45) is 0 Å². The van der Waals surface area contributed by atoms with Crippen LogP contribution in [-0.4, -0.2) is 43.5 Å². The lowest BCUT2D eigenvalue weighted by molar-refractivity contribution is -0.128. The van der Waals surface area contributed by atoms with E-state index < -0.39 is 0 Å². The van der Waals surface area contributed by atoms with Gasteiger partial charge in [0.05, 0.1) is 7.11 Å². The van der Waals surface area contributed by atoms with Gasteiger partial charge in [-0.3, -0.25) is 9.59 Å². The van der Waals surface area contributed by atoms with Crippen LogP contribution in [0.15, 0.2) is 48.5 Å². The predicted octanol–water partition coefficient (Wildman–Crippen LogP) is 2.66. The molecule has 0 saturated carbocycles. The smallest absolute Gasteiger partial charge is 0.251 e. The third kappa shape index (κ3) is 5.58. The molecule has 0 heterocycles. The molecule has 6 heteroatoms. The minimum atomic E-state index is -0.388. The summed E-state index contributed by atoms with van der Waals surface area (Å²) >= 11 is 0. The van der Waals surface area contributed by atoms with E-state index in [1.165, 1.54) is 31.2 Å². The van der Waals surface area contributed by atoms with Gasteiger partial charge in [-0.25, -0.2) is 4.39 Å². The van der Waals surface area contributed by atoms with Gasteiger partial charge in [0.25, 0.3) is 5.91 Å². The number of amides is 2. The summed E-state index contributed by atoms with van der Waals surface area (Å²) in [6.45, 7) is 2.76. The summed E-state index contributed by atoms with van der Waals surface area (Å²) in [6.07, 6.45) is 0.662. The molecule has 0 aliphatic heterocycles. The fourth-order valence-electron chi connectivity index (χ4n) is 2.60. The Balaban J connectivity index is 1.85. The van der Waals surface area contributed by atoms with Gasteiger partial charge in [-0.1, -0.05) is 18.2 Å². The first kappa shape index (κ1) is 19.4. The topological polar surface area (TPSA) is 58.6 Å². The Labute approximate surface area is 152 Å². The Kier molecular flexibility index (Phi) is 7.14. The molecule has 2 amide bonds. The first-order valence-corrected chi connectivity index (χ1v) is 8.42. The van der Waals surface area contributed by atoms with Crippen LogP contribution < -0.4 is 10.1 Å². The van der Waals surface area contributed by atoms with Gasteiger partial charge in [0.2, 0.25) is 5.91 Å². The van der Waals surface area contributed by atoms with Crippen LogP contribution in [0.5, 0.6) is 5.75 Å². The van der Waals surface area contributed by atoms with Crippen LogP contribution in [0, 0.1) is 5.82 Å². The summed E-state index contributed by atoms with van der Waals surface area (Å²) in [6, 6.07) is 13.0. The number of hydrogen-bond donors (Lipinski definition) is 1. The van der Waals surface area contributed by atoms with E-state index in [0.717, 1.165) is 11.3 Å². The lowest BCUT2D eigenvalue weighted by atomic mass is 10.1. The molecule has 0 aliphatic carbocycles. The fraction of sp³-hybridized carbons (Fsp3) is 0.300. The minimum Gasteiger partial charge on any atom is -0.496 e. The maximum absolute atomic E-state index is 12.9. The van der Waals surface area contributed by atoms with Gasteiger partial charge in [0, 0.05) is 32.1 Å². The van der Waals surface area contributed by atoms with E-state index in [4.69, 9.17) is 4.74 Å². The molecule has 2 aromatic rings. The van der Waals surface area contributed by atoms with Crippen LogP contribution in [-0.2, 0) is 11.2 Å². The summed E-state index contributed by atoms with van der Waals surface area (Å²) in [5.74, 6) is 0.0513. The van der Waals surface area contributed by atoms with E-state index in [0.29, 0.717) is 31.6 Å². The van der Waals surface area contributed by atoms with E-state index in [9.17, 15) is 14.0 Å². The van der Waals surface area contributed by atoms with Crippen LogP contribution in [0.4, 0.5) is 4.39 Å². The number of carbonyl (C=O) groups is 2. The maximum Gasteiger partial charge on any atom is 0.251 e. The highest BCUT2D eigenvalue weighted by Crippen LogP contribution is 2.18. The summed E-state index contributed by atoms with van der Waals surface area (Å²) < 4.78 is 18.2. The number of nitrogens with one attached hydrogen (secondary N) is 1. The second-order valence-corrected chi connectivity index (χ2v) is 5.83. The van der Waals surface area contributed by atoms with E-state index in [1.54, 1.807) is 12.0 Å². The predicted molar refractivity (Wildman–Crippen MR) is 97.7 cm³/mol. The molecule has 0 spiro atoms. The highest BCUT2D eigenvalue weighted by Gasteiger charge is 2.11. The van der Waals surface area contributed by atoms with Gasteiger partial charge in [-0.05, 0) is 42.3 Å². The number of ether oxygens (including phenoxy) is 1. The van der Waals surface area contributed by atoms with Crippen molar-refractivity contribution in [2.75, 3.05) is 26.7 Å². The van der Waals surface area contributed by atoms with Gasteiger partial charge in [-0.15, -0.1) is 0 Å². The standard InChI is InChI=1S/C20H23FN2O3/c1-15(24)23(13-11-16-5-3-4-6-19(16)26-2)14-12-22-20(25)17-7-9-18(21)10-8-17/h3-10H,11-14H2,1-2H3,(H,22,25). The van der Waals surface area contributed by atoms with Crippen molar-refractivity contribution in [3.8, 4) is 5.75 Å². The highest BCUT2D eigenvalue weighted by molar-refractivity contribution is 5.94. The van der Waals surface area contributed by atoms with Crippen molar-refractivity contribution in [3.05, 3.63) is 65.5 Å². The van der Waals surface area contributed by atoms with Gasteiger partial charge in [0.15, 0.2) is 0 Å². The molecule has 2 rings (SSSR count). The number of para-hydroxylation sites is 1. The molecule has 138 valence electrons. The lowest BCUT2D eigenvalue weighted by Gasteiger charge is -2.22. The Morgan fingerprint density at radius 3 is 2.42 bits per heavy atom. The third-order valence-electron chi connectivity index (χ3n) is 4.06. The first-order chi connectivity index (χ1) is 12.5. The zero-order valence-corrected chi connectivity index (χ0v) is 15.0. The molecular weight excluding hydrogens is 335 g/mol. The summed E-state index contributed by atoms with van der Waals surface area (Å²) in [5.41, 5.74) is 1.41. The van der Waals surface area contributed by atoms with Crippen LogP contribution in [0.1, 0.15) is 22.8 Å². The van der Waals surface area contributed by atoms with Crippen LogP contribution in [0.2, 0.25) is 0 Å². The molecular formula is C20H23FN2O3. The zero-order valence-electron chi connectivity index (χ0n) is 15.0. The lowest BCUT2D eigenvalue weighted by Crippen LogP contribution is -2.38. The molecule has 0 fully saturated rings. The number of benzene rings is 2. The van der Waals surface area contributed by atoms with Crippen molar-refractivity contribution >= 4 is 11.8 Å². The van der Waals surface area contributed by atoms with Crippen molar-refractivity contribution in [1.82, 2.24) is 10.2 Å². The monoisotopic (exact) mass is 358 g/mol. The van der Waals surface area contributed by atoms with Crippen LogP contribution in [0.25, 0.3) is 0 Å². The largest absolute Gasteiger partial charge is 0.496 e. The summed E-state index contributed by atoms with van der Waals surface area (Å²) in [4.78, 5) is 25.5. The number of carbonyl (C=O) groups excluding carboxylic acids is 2. The Hall–Kier alpha value is -2.89. The fourth-order valence-corrected chi connectivity index (χ4v) is 2.60. The van der Waals surface area contributed by atoms with E-state index >= 15 is 0 Å². The highest BCUT2D eigenvalue weighted by atomic mass is 19.1. The number of rotatable bonds is 8. The van der Waals surface area contributed by atoms with E-state index in [2.05, 4.69) is 5.32 Å². The molecule has 1 N–H and O–H groups in total. The van der Waals surface area contributed by atoms with Gasteiger partial charge in [0.1, 0.15) is 11.6 Å². The second-order valence-electron chi connectivity index (χ2n) is 5.83. The molecule has 0 aliphatic rings. The quantitative estimate of drug-likeness (QED) is 0.789. The molecule has 0 radical (unpaired) electrons. The zero-order chi connectivity index (χ0) is 18.9. The Bertz CT molecular complexity index is 747. The molecule has 5 nitrogen and oxygen atoms in total. The molecule has 26 heavy (non-hydrogen) atoms. The van der Waals surface area contributed by atoms with Gasteiger partial charge >= 0.3 is 0 Å². The maximum atomic E-state index is 12.9. The molecule has 0 bridgehead atoms. The SMILES string of the molecule is COc1ccccc1CCN(CCNC(=O)c1ccc(F)cc1)C(C)=O. The molecule has 0 unspecified atom stereocenters. The molecule has 0 atom stereocenters. The van der Waals surface area contributed by atoms with E-state index in [1.807, 2.05) is 24.3 Å². The average Bonchev–Trinajstić information content (AvgIpc) is 2.64. The molecule has 0 saturated heterocycles. The number of hydrogen-bond acceptors (Lipinski definition) is 3. The Morgan fingerprint density at radius 2 is 1.77 bits per heavy atom. The second kappa shape index (κ2) is 9.56. The van der Waals surface area contributed by atoms with Crippen molar-refractivity contribution in [2.45, 2.75) is 13.3 Å². The summed E-state index contributed by atoms with van der Waals surface area (Å²) in [5, 5.41) is 2.74. The van der Waals surface area contributed by atoms with Crippen molar-refractivity contribution in [1.29, 1.82) is 0 Å². The van der Waals surface area contributed by atoms with Gasteiger partial charge in [-0.2, -0.15) is 0 Å². The first-order valence-electron chi connectivity index (χ1n) is 8.42. The van der Waals surface area contributed by atoms with Crippen LogP contribution >= 0.6 is 0 Å². The summed E-state index contributed by atoms with van der Waals surface area (Å²) in [7, 11) is 1.62. The number of halogens is 1. The Morgan fingerprint density at radius 1 is 1.08 bits per heavy atom. The minimum absolute atomic E-state index is 0.0593.